The van der Waals surface area contributed by atoms with E-state index in [2.05, 4.69) is 4.72 Å². The third kappa shape index (κ3) is 4.24. The number of allylic oxidation sites excluding steroid dienone is 1. The lowest BCUT2D eigenvalue weighted by Gasteiger charge is -2.08. The number of ketones is 1. The summed E-state index contributed by atoms with van der Waals surface area (Å²) in [5, 5.41) is 0. The summed E-state index contributed by atoms with van der Waals surface area (Å²) in [4.78, 5) is 12.4. The van der Waals surface area contributed by atoms with Gasteiger partial charge in [-0.2, -0.15) is 0 Å². The monoisotopic (exact) mass is 353 g/mol. The zero-order valence-corrected chi connectivity index (χ0v) is 13.9. The molecule has 0 unspecified atom stereocenters. The molecule has 6 heteroatoms. The summed E-state index contributed by atoms with van der Waals surface area (Å²) in [7, 11) is -3.70. The third-order valence-electron chi connectivity index (χ3n) is 3.39. The van der Waals surface area contributed by atoms with Crippen molar-refractivity contribution in [2.45, 2.75) is 4.90 Å². The van der Waals surface area contributed by atoms with Gasteiger partial charge in [0, 0.05) is 11.3 Å². The second kappa shape index (κ2) is 7.19. The van der Waals surface area contributed by atoms with E-state index in [0.717, 1.165) is 0 Å². The van der Waals surface area contributed by atoms with Crippen molar-refractivity contribution in [1.82, 2.24) is 0 Å². The lowest BCUT2D eigenvalue weighted by atomic mass is 10.1. The van der Waals surface area contributed by atoms with Crippen molar-refractivity contribution < 1.29 is 17.6 Å². The first-order valence-corrected chi connectivity index (χ1v) is 8.97. The van der Waals surface area contributed by atoms with Crippen molar-refractivity contribution in [2.24, 2.45) is 0 Å². The van der Waals surface area contributed by atoms with Crippen molar-refractivity contribution in [3.63, 3.8) is 0 Å². The van der Waals surface area contributed by atoms with E-state index in [9.17, 15) is 13.2 Å². The molecule has 3 rings (SSSR count). The summed E-state index contributed by atoms with van der Waals surface area (Å²) in [6.07, 6.45) is 4.45. The number of hydrogen-bond acceptors (Lipinski definition) is 4. The van der Waals surface area contributed by atoms with Gasteiger partial charge in [-0.15, -0.1) is 0 Å². The first kappa shape index (κ1) is 16.7. The Kier molecular flexibility index (Phi) is 4.81. The zero-order valence-electron chi connectivity index (χ0n) is 13.1. The summed E-state index contributed by atoms with van der Waals surface area (Å²) in [6, 6.07) is 17.8. The van der Waals surface area contributed by atoms with Crippen LogP contribution in [0.25, 0.3) is 6.08 Å². The average Bonchev–Trinajstić information content (AvgIpc) is 3.14. The Morgan fingerprint density at radius 1 is 0.960 bits per heavy atom. The highest BCUT2D eigenvalue weighted by atomic mass is 32.2. The number of rotatable bonds is 6. The molecule has 0 fully saturated rings. The highest BCUT2D eigenvalue weighted by Crippen LogP contribution is 2.18. The number of anilines is 1. The number of benzene rings is 2. The molecule has 0 saturated carbocycles. The summed E-state index contributed by atoms with van der Waals surface area (Å²) in [6.45, 7) is 0. The molecule has 1 aromatic heterocycles. The van der Waals surface area contributed by atoms with Gasteiger partial charge in [0.15, 0.2) is 5.78 Å². The third-order valence-corrected chi connectivity index (χ3v) is 4.79. The van der Waals surface area contributed by atoms with E-state index in [1.165, 1.54) is 30.5 Å². The molecule has 5 nitrogen and oxygen atoms in total. The van der Waals surface area contributed by atoms with Crippen molar-refractivity contribution in [1.29, 1.82) is 0 Å². The minimum Gasteiger partial charge on any atom is -0.465 e. The smallest absolute Gasteiger partial charge is 0.261 e. The van der Waals surface area contributed by atoms with Crippen LogP contribution in [0, 0.1) is 0 Å². The van der Waals surface area contributed by atoms with E-state index in [1.54, 1.807) is 54.6 Å². The quantitative estimate of drug-likeness (QED) is 0.537. The van der Waals surface area contributed by atoms with Gasteiger partial charge in [0.1, 0.15) is 5.76 Å². The minimum absolute atomic E-state index is 0.157. The second-order valence-electron chi connectivity index (χ2n) is 5.21. The molecule has 0 spiro atoms. The van der Waals surface area contributed by atoms with Crippen LogP contribution in [-0.2, 0) is 10.0 Å². The molecule has 0 aliphatic heterocycles. The minimum atomic E-state index is -3.70. The Hall–Kier alpha value is -3.12. The maximum Gasteiger partial charge on any atom is 0.261 e. The molecule has 0 aliphatic carbocycles. The Labute approximate surface area is 145 Å². The van der Waals surface area contributed by atoms with Gasteiger partial charge in [-0.1, -0.05) is 30.3 Å². The van der Waals surface area contributed by atoms with Crippen LogP contribution < -0.4 is 4.72 Å². The van der Waals surface area contributed by atoms with Gasteiger partial charge < -0.3 is 4.42 Å². The van der Waals surface area contributed by atoms with Crippen LogP contribution in [-0.4, -0.2) is 14.2 Å². The molecule has 1 N–H and O–H groups in total. The van der Waals surface area contributed by atoms with Crippen LogP contribution in [0.3, 0.4) is 0 Å². The van der Waals surface area contributed by atoms with Crippen molar-refractivity contribution in [3.8, 4) is 0 Å². The van der Waals surface area contributed by atoms with Crippen molar-refractivity contribution in [2.75, 3.05) is 4.72 Å². The largest absolute Gasteiger partial charge is 0.465 e. The normalized spacial score (nSPS) is 11.5. The Balaban J connectivity index is 1.79. The molecule has 0 atom stereocenters. The van der Waals surface area contributed by atoms with Gasteiger partial charge in [0.2, 0.25) is 0 Å². The van der Waals surface area contributed by atoms with Crippen LogP contribution in [0.15, 0.2) is 88.4 Å². The van der Waals surface area contributed by atoms with E-state index in [1.807, 2.05) is 0 Å². The molecule has 126 valence electrons. The Morgan fingerprint density at radius 3 is 2.48 bits per heavy atom. The van der Waals surface area contributed by atoms with E-state index < -0.39 is 10.0 Å². The highest BCUT2D eigenvalue weighted by Gasteiger charge is 2.14. The standard InChI is InChI=1S/C19H15NO4S/c21-19(12-11-17-8-5-13-24-17)15-6-4-7-16(14-15)20-25(22,23)18-9-2-1-3-10-18/h1-14,20H/b12-11-. The van der Waals surface area contributed by atoms with Gasteiger partial charge in [-0.25, -0.2) is 8.42 Å². The lowest BCUT2D eigenvalue weighted by Crippen LogP contribution is -2.13. The van der Waals surface area contributed by atoms with Crippen molar-refractivity contribution in [3.05, 3.63) is 90.4 Å². The second-order valence-corrected chi connectivity index (χ2v) is 6.89. The molecule has 25 heavy (non-hydrogen) atoms. The van der Waals surface area contributed by atoms with Crippen LogP contribution >= 0.6 is 0 Å². The highest BCUT2D eigenvalue weighted by molar-refractivity contribution is 7.92. The van der Waals surface area contributed by atoms with Gasteiger partial charge in [0.05, 0.1) is 11.2 Å². The van der Waals surface area contributed by atoms with E-state index in [0.29, 0.717) is 17.0 Å². The topological polar surface area (TPSA) is 76.4 Å². The van der Waals surface area contributed by atoms with Gasteiger partial charge in [-0.3, -0.25) is 9.52 Å². The maximum atomic E-state index is 12.3. The van der Waals surface area contributed by atoms with Crippen LogP contribution in [0.1, 0.15) is 16.1 Å². The number of furan rings is 1. The predicted octanol–water partition coefficient (Wildman–Crippen LogP) is 3.98. The molecule has 0 bridgehead atoms. The molecule has 0 amide bonds. The van der Waals surface area contributed by atoms with E-state index in [-0.39, 0.29) is 10.7 Å². The Bertz CT molecular complexity index is 991. The van der Waals surface area contributed by atoms with Gasteiger partial charge >= 0.3 is 0 Å². The fraction of sp³-hybridized carbons (Fsp3) is 0. The Morgan fingerprint density at radius 2 is 1.76 bits per heavy atom. The number of nitrogens with one attached hydrogen (secondary N) is 1. The SMILES string of the molecule is O=C(/C=C\c1ccco1)c1cccc(NS(=O)(=O)c2ccccc2)c1. The van der Waals surface area contributed by atoms with E-state index in [4.69, 9.17) is 4.42 Å². The predicted molar refractivity (Wildman–Crippen MR) is 95.8 cm³/mol. The molecule has 3 aromatic rings. The van der Waals surface area contributed by atoms with Crippen LogP contribution in [0.2, 0.25) is 0 Å². The number of carbonyl (C=O) groups excluding carboxylic acids is 1. The summed E-state index contributed by atoms with van der Waals surface area (Å²) in [5.41, 5.74) is 0.692. The van der Waals surface area contributed by atoms with Gasteiger partial charge in [0.25, 0.3) is 10.0 Å². The first-order chi connectivity index (χ1) is 12.0. The molecule has 0 saturated heterocycles. The molecular formula is C19H15NO4S. The molecular weight excluding hydrogens is 338 g/mol. The van der Waals surface area contributed by atoms with E-state index >= 15 is 0 Å². The summed E-state index contributed by atoms with van der Waals surface area (Å²) in [5.74, 6) is 0.312. The van der Waals surface area contributed by atoms with Gasteiger partial charge in [-0.05, 0) is 48.6 Å². The zero-order chi connectivity index (χ0) is 17.7. The fourth-order valence-corrected chi connectivity index (χ4v) is 3.26. The lowest BCUT2D eigenvalue weighted by molar-refractivity contribution is 0.104. The fourth-order valence-electron chi connectivity index (χ4n) is 2.19. The molecule has 0 aliphatic rings. The average molecular weight is 353 g/mol. The summed E-state index contributed by atoms with van der Waals surface area (Å²) >= 11 is 0. The molecule has 1 heterocycles. The number of carbonyl (C=O) groups is 1. The first-order valence-electron chi connectivity index (χ1n) is 7.48. The molecule has 2 aromatic carbocycles. The van der Waals surface area contributed by atoms with Crippen molar-refractivity contribution >= 4 is 27.6 Å². The number of hydrogen-bond donors (Lipinski definition) is 1. The number of sulfonamides is 1. The van der Waals surface area contributed by atoms with Crippen LogP contribution in [0.5, 0.6) is 0 Å². The molecule has 0 radical (unpaired) electrons. The summed E-state index contributed by atoms with van der Waals surface area (Å²) < 4.78 is 32.3. The van der Waals surface area contributed by atoms with Crippen LogP contribution in [0.4, 0.5) is 5.69 Å². The maximum absolute atomic E-state index is 12.3.